The fourth-order valence-electron chi connectivity index (χ4n) is 3.14. The number of nitrogens with two attached hydrogens (primary N) is 1. The number of amides is 1. The Balaban J connectivity index is 0.000000809. The molecule has 2 atom stereocenters. The van der Waals surface area contributed by atoms with Crippen LogP contribution in [0.5, 0.6) is 0 Å². The molecule has 15 heteroatoms. The third kappa shape index (κ3) is 5.77. The first-order chi connectivity index (χ1) is 15.9. The zero-order valence-electron chi connectivity index (χ0n) is 19.7. The molecule has 0 aliphatic carbocycles. The number of nitrogens with zero attached hydrogens (tertiary/aromatic N) is 2. The van der Waals surface area contributed by atoms with Crippen LogP contribution in [0.1, 0.15) is 38.8 Å². The zero-order valence-corrected chi connectivity index (χ0v) is 19.7. The Hall–Kier alpha value is -3.23. The Morgan fingerprint density at radius 1 is 1.11 bits per heavy atom. The summed E-state index contributed by atoms with van der Waals surface area (Å²) >= 11 is 0. The van der Waals surface area contributed by atoms with Crippen molar-refractivity contribution in [2.45, 2.75) is 57.6 Å². The van der Waals surface area contributed by atoms with Gasteiger partial charge in [-0.3, -0.25) is 14.5 Å². The average Bonchev–Trinajstić information content (AvgIpc) is 2.71. The number of aliphatic carboxylic acids is 1. The van der Waals surface area contributed by atoms with E-state index in [1.807, 2.05) is 0 Å². The first-order valence-electron chi connectivity index (χ1n) is 9.96. The number of rotatable bonds is 4. The third-order valence-electron chi connectivity index (χ3n) is 6.00. The van der Waals surface area contributed by atoms with E-state index in [0.717, 1.165) is 17.0 Å². The number of carbonyl (C=O) groups excluding carboxylic acids is 2. The van der Waals surface area contributed by atoms with Crippen LogP contribution in [0.4, 0.5) is 30.7 Å². The normalized spacial score (nSPS) is 21.6. The topological polar surface area (TPSA) is 133 Å². The highest BCUT2D eigenvalue weighted by Crippen LogP contribution is 2.47. The van der Waals surface area contributed by atoms with Crippen LogP contribution in [0.3, 0.4) is 0 Å². The number of carbonyl (C=O) groups is 3. The first kappa shape index (κ1) is 30.8. The molecule has 1 aromatic rings. The lowest BCUT2D eigenvalue weighted by molar-refractivity contribution is -0.243. The SMILES string of the molecule is CN1C(=O)C(C)(C)[C@@](C)(c2cc(CC(=O)[C@](C)(O)C(F)(F)F)ccc2F)N=C1N.O=C(O)C(F)(F)F. The molecule has 4 N–H and O–H groups in total. The maximum absolute atomic E-state index is 14.7. The Bertz CT molecular complexity index is 1080. The summed E-state index contributed by atoms with van der Waals surface area (Å²) in [5.41, 5.74) is -0.527. The lowest BCUT2D eigenvalue weighted by Gasteiger charge is -2.46. The van der Waals surface area contributed by atoms with Crippen molar-refractivity contribution in [3.63, 3.8) is 0 Å². The summed E-state index contributed by atoms with van der Waals surface area (Å²) in [4.78, 5) is 39.0. The Labute approximate surface area is 200 Å². The monoisotopic (exact) mass is 531 g/mol. The number of ketones is 1. The number of carboxylic acids is 1. The van der Waals surface area contributed by atoms with Gasteiger partial charge in [-0.2, -0.15) is 26.3 Å². The quantitative estimate of drug-likeness (QED) is 0.512. The molecule has 0 spiro atoms. The van der Waals surface area contributed by atoms with Gasteiger partial charge in [-0.05, 0) is 45.4 Å². The van der Waals surface area contributed by atoms with Crippen LogP contribution in [-0.4, -0.2) is 63.7 Å². The second-order valence-corrected chi connectivity index (χ2v) is 8.82. The van der Waals surface area contributed by atoms with Gasteiger partial charge < -0.3 is 15.9 Å². The van der Waals surface area contributed by atoms with Gasteiger partial charge in [-0.25, -0.2) is 14.2 Å². The van der Waals surface area contributed by atoms with Crippen LogP contribution in [0.25, 0.3) is 0 Å². The van der Waals surface area contributed by atoms with Gasteiger partial charge in [0.1, 0.15) is 11.4 Å². The van der Waals surface area contributed by atoms with Gasteiger partial charge in [0.05, 0.1) is 5.41 Å². The van der Waals surface area contributed by atoms with Gasteiger partial charge in [0.25, 0.3) is 0 Å². The van der Waals surface area contributed by atoms with Crippen molar-refractivity contribution in [2.75, 3.05) is 7.05 Å². The van der Waals surface area contributed by atoms with E-state index in [1.54, 1.807) is 13.8 Å². The largest absolute Gasteiger partial charge is 0.490 e. The molecule has 1 amide bonds. The van der Waals surface area contributed by atoms with E-state index in [4.69, 9.17) is 15.6 Å². The molecule has 0 bridgehead atoms. The predicted octanol–water partition coefficient (Wildman–Crippen LogP) is 2.91. The number of hydrogen-bond donors (Lipinski definition) is 3. The number of alkyl halides is 6. The fourth-order valence-corrected chi connectivity index (χ4v) is 3.14. The van der Waals surface area contributed by atoms with Crippen LogP contribution < -0.4 is 5.73 Å². The van der Waals surface area contributed by atoms with E-state index < -0.39 is 58.8 Å². The number of guanidine groups is 1. The van der Waals surface area contributed by atoms with E-state index >= 15 is 0 Å². The van der Waals surface area contributed by atoms with Crippen LogP contribution in [-0.2, 0) is 26.3 Å². The summed E-state index contributed by atoms with van der Waals surface area (Å²) in [6.45, 7) is 4.95. The molecule has 0 aromatic heterocycles. The molecule has 1 heterocycles. The Kier molecular flexibility index (Phi) is 8.27. The molecular formula is C21H24F7N3O5. The van der Waals surface area contributed by atoms with E-state index in [2.05, 4.69) is 4.99 Å². The maximum atomic E-state index is 14.7. The number of carboxylic acid groups (broad SMARTS) is 1. The van der Waals surface area contributed by atoms with Crippen LogP contribution in [0.15, 0.2) is 23.2 Å². The molecule has 0 radical (unpaired) electrons. The van der Waals surface area contributed by atoms with E-state index in [-0.39, 0.29) is 17.1 Å². The van der Waals surface area contributed by atoms with Gasteiger partial charge in [0.15, 0.2) is 11.7 Å². The second kappa shape index (κ2) is 9.67. The van der Waals surface area contributed by atoms with Crippen molar-refractivity contribution >= 4 is 23.6 Å². The smallest absolute Gasteiger partial charge is 0.475 e. The first-order valence-corrected chi connectivity index (χ1v) is 9.96. The number of halogens is 7. The van der Waals surface area contributed by atoms with Crippen molar-refractivity contribution in [2.24, 2.45) is 16.1 Å². The average molecular weight is 531 g/mol. The molecule has 2 rings (SSSR count). The van der Waals surface area contributed by atoms with Crippen LogP contribution in [0.2, 0.25) is 0 Å². The van der Waals surface area contributed by atoms with Gasteiger partial charge in [0, 0.05) is 19.0 Å². The summed E-state index contributed by atoms with van der Waals surface area (Å²) in [7, 11) is 1.42. The molecule has 202 valence electrons. The molecule has 0 saturated carbocycles. The van der Waals surface area contributed by atoms with Crippen molar-refractivity contribution in [1.82, 2.24) is 4.90 Å². The fraction of sp³-hybridized carbons (Fsp3) is 0.524. The number of benzene rings is 1. The summed E-state index contributed by atoms with van der Waals surface area (Å²) in [6.07, 6.45) is -11.0. The molecule has 1 aliphatic heterocycles. The van der Waals surface area contributed by atoms with Crippen molar-refractivity contribution < 1.29 is 55.3 Å². The van der Waals surface area contributed by atoms with Gasteiger partial charge >= 0.3 is 18.3 Å². The summed E-state index contributed by atoms with van der Waals surface area (Å²) in [5.74, 6) is -5.57. The minimum absolute atomic E-state index is 0.0353. The minimum Gasteiger partial charge on any atom is -0.475 e. The van der Waals surface area contributed by atoms with Crippen molar-refractivity contribution in [3.8, 4) is 0 Å². The van der Waals surface area contributed by atoms with E-state index in [0.29, 0.717) is 6.92 Å². The number of hydrogen-bond acceptors (Lipinski definition) is 6. The molecule has 1 aliphatic rings. The van der Waals surface area contributed by atoms with Crippen LogP contribution >= 0.6 is 0 Å². The van der Waals surface area contributed by atoms with Gasteiger partial charge in [-0.15, -0.1) is 0 Å². The molecule has 0 unspecified atom stereocenters. The standard InChI is InChI=1S/C19H23F4N3O3.C2HF3O2/c1-16(2)14(28)26(5)15(24)25-17(16,3)11-8-10(6-7-12(11)20)9-13(27)18(4,29)19(21,22)23;3-2(4,5)1(6)7/h6-8,29H,9H2,1-5H3,(H2,24,25);(H,6,7)/t17-,18+;/m1./s1. The number of aliphatic imine (C=N–C) groups is 1. The highest BCUT2D eigenvalue weighted by Gasteiger charge is 2.56. The molecule has 8 nitrogen and oxygen atoms in total. The maximum Gasteiger partial charge on any atom is 0.490 e. The lowest BCUT2D eigenvalue weighted by Crippen LogP contribution is -2.58. The zero-order chi connectivity index (χ0) is 28.7. The van der Waals surface area contributed by atoms with E-state index in [1.165, 1.54) is 20.0 Å². The molecular weight excluding hydrogens is 507 g/mol. The third-order valence-corrected chi connectivity index (χ3v) is 6.00. The molecule has 0 fully saturated rings. The molecule has 0 saturated heterocycles. The second-order valence-electron chi connectivity index (χ2n) is 8.82. The van der Waals surface area contributed by atoms with Gasteiger partial charge in [0.2, 0.25) is 11.5 Å². The molecule has 36 heavy (non-hydrogen) atoms. The summed E-state index contributed by atoms with van der Waals surface area (Å²) in [6, 6.07) is 3.30. The molecule has 1 aromatic carbocycles. The van der Waals surface area contributed by atoms with E-state index in [9.17, 15) is 45.4 Å². The number of Topliss-reactive ketones (excluding diaryl/α,β-unsaturated/α-hetero) is 1. The summed E-state index contributed by atoms with van der Waals surface area (Å²) < 4.78 is 85.1. The van der Waals surface area contributed by atoms with Crippen LogP contribution in [0, 0.1) is 11.2 Å². The number of aliphatic hydroxyl groups is 1. The summed E-state index contributed by atoms with van der Waals surface area (Å²) in [5, 5.41) is 16.7. The van der Waals surface area contributed by atoms with Crippen molar-refractivity contribution in [3.05, 3.63) is 35.1 Å². The van der Waals surface area contributed by atoms with Gasteiger partial charge in [-0.1, -0.05) is 6.07 Å². The Morgan fingerprint density at radius 2 is 1.58 bits per heavy atom. The minimum atomic E-state index is -5.15. The lowest BCUT2D eigenvalue weighted by atomic mass is 9.67. The van der Waals surface area contributed by atoms with Crippen molar-refractivity contribution in [1.29, 1.82) is 0 Å². The highest BCUT2D eigenvalue weighted by molar-refractivity contribution is 6.01. The Morgan fingerprint density at radius 3 is 2.00 bits per heavy atom. The highest BCUT2D eigenvalue weighted by atomic mass is 19.4. The predicted molar refractivity (Wildman–Crippen MR) is 111 cm³/mol.